The molecule has 0 saturated heterocycles. The van der Waals surface area contributed by atoms with Gasteiger partial charge in [-0.1, -0.05) is 12.1 Å². The summed E-state index contributed by atoms with van der Waals surface area (Å²) in [6.07, 6.45) is -4.52. The monoisotopic (exact) mass is 310 g/mol. The molecule has 1 aromatic heterocycles. The quantitative estimate of drug-likeness (QED) is 0.788. The molecule has 6 heteroatoms. The summed E-state index contributed by atoms with van der Waals surface area (Å²) in [5, 5.41) is 0. The topological polar surface area (TPSA) is 47.3 Å². The van der Waals surface area contributed by atoms with Gasteiger partial charge in [-0.05, 0) is 31.2 Å². The summed E-state index contributed by atoms with van der Waals surface area (Å²) >= 11 is 0. The number of hydrogen-bond acceptors (Lipinski definition) is 3. The number of benzene rings is 1. The highest BCUT2D eigenvalue weighted by Gasteiger charge is 2.30. The summed E-state index contributed by atoms with van der Waals surface area (Å²) < 4.78 is 43.2. The second-order valence-corrected chi connectivity index (χ2v) is 4.93. The van der Waals surface area contributed by atoms with Crippen molar-refractivity contribution in [2.45, 2.75) is 25.9 Å². The lowest BCUT2D eigenvalue weighted by Crippen LogP contribution is -2.08. The van der Waals surface area contributed by atoms with Crippen LogP contribution in [-0.4, -0.2) is 11.6 Å². The third-order valence-electron chi connectivity index (χ3n) is 2.99. The van der Waals surface area contributed by atoms with Crippen molar-refractivity contribution >= 4 is 11.6 Å². The van der Waals surface area contributed by atoms with Crippen LogP contribution < -0.4 is 0 Å². The van der Waals surface area contributed by atoms with Crippen molar-refractivity contribution in [3.63, 3.8) is 0 Å². The summed E-state index contributed by atoms with van der Waals surface area (Å²) in [5.41, 5.74) is -0.894. The van der Waals surface area contributed by atoms with Crippen LogP contribution in [0.15, 0.2) is 40.8 Å². The van der Waals surface area contributed by atoms with E-state index in [-0.39, 0.29) is 24.2 Å². The minimum atomic E-state index is -4.49. The van der Waals surface area contributed by atoms with E-state index < -0.39 is 17.5 Å². The second-order valence-electron chi connectivity index (χ2n) is 4.93. The van der Waals surface area contributed by atoms with Gasteiger partial charge in [0.25, 0.3) is 0 Å². The van der Waals surface area contributed by atoms with E-state index in [4.69, 9.17) is 4.42 Å². The molecule has 1 aromatic carbocycles. The predicted molar refractivity (Wildman–Crippen MR) is 72.6 cm³/mol. The maximum absolute atomic E-state index is 12.6. The number of hydrogen-bond donors (Lipinski definition) is 0. The molecule has 0 N–H and O–H groups in total. The molecule has 0 aliphatic rings. The number of rotatable bonds is 5. The van der Waals surface area contributed by atoms with Gasteiger partial charge in [-0.15, -0.1) is 0 Å². The standard InChI is InChI=1S/C16H13F3O3/c1-10(20)7-13-5-6-14(22-13)9-15(21)11-3-2-4-12(8-11)16(17,18)19/h2-6,8H,7,9H2,1H3. The third-order valence-corrected chi connectivity index (χ3v) is 2.99. The van der Waals surface area contributed by atoms with Gasteiger partial charge in [0.05, 0.1) is 18.4 Å². The van der Waals surface area contributed by atoms with Crippen LogP contribution in [0.4, 0.5) is 13.2 Å². The predicted octanol–water partition coefficient (Wildman–Crippen LogP) is 3.86. The zero-order chi connectivity index (χ0) is 16.3. The van der Waals surface area contributed by atoms with E-state index in [0.29, 0.717) is 11.5 Å². The van der Waals surface area contributed by atoms with Crippen molar-refractivity contribution in [2.24, 2.45) is 0 Å². The highest BCUT2D eigenvalue weighted by Crippen LogP contribution is 2.29. The molecule has 2 aromatic rings. The number of halogens is 3. The maximum atomic E-state index is 12.6. The first-order valence-electron chi connectivity index (χ1n) is 6.53. The first kappa shape index (κ1) is 16.0. The molecule has 116 valence electrons. The van der Waals surface area contributed by atoms with Crippen LogP contribution in [-0.2, 0) is 23.8 Å². The molecule has 0 saturated carbocycles. The highest BCUT2D eigenvalue weighted by atomic mass is 19.4. The van der Waals surface area contributed by atoms with Gasteiger partial charge in [-0.2, -0.15) is 13.2 Å². The number of ketones is 2. The van der Waals surface area contributed by atoms with Gasteiger partial charge in [0.1, 0.15) is 17.3 Å². The molecule has 3 nitrogen and oxygen atoms in total. The fourth-order valence-corrected chi connectivity index (χ4v) is 1.99. The fourth-order valence-electron chi connectivity index (χ4n) is 1.99. The van der Waals surface area contributed by atoms with Gasteiger partial charge in [-0.25, -0.2) is 0 Å². The van der Waals surface area contributed by atoms with Gasteiger partial charge >= 0.3 is 6.18 Å². The molecule has 0 fully saturated rings. The van der Waals surface area contributed by atoms with E-state index in [0.717, 1.165) is 12.1 Å². The van der Waals surface area contributed by atoms with E-state index in [9.17, 15) is 22.8 Å². The van der Waals surface area contributed by atoms with Gasteiger partial charge in [0.2, 0.25) is 0 Å². The molecule has 22 heavy (non-hydrogen) atoms. The number of carbonyl (C=O) groups excluding carboxylic acids is 2. The summed E-state index contributed by atoms with van der Waals surface area (Å²) in [5.74, 6) is 0.193. The fraction of sp³-hybridized carbons (Fsp3) is 0.250. The Kier molecular flexibility index (Phi) is 4.49. The lowest BCUT2D eigenvalue weighted by molar-refractivity contribution is -0.137. The minimum Gasteiger partial charge on any atom is -0.465 e. The zero-order valence-corrected chi connectivity index (χ0v) is 11.7. The van der Waals surface area contributed by atoms with Crippen molar-refractivity contribution in [1.82, 2.24) is 0 Å². The highest BCUT2D eigenvalue weighted by molar-refractivity contribution is 5.97. The number of furan rings is 1. The zero-order valence-electron chi connectivity index (χ0n) is 11.7. The van der Waals surface area contributed by atoms with Gasteiger partial charge in [0, 0.05) is 5.56 Å². The molecular formula is C16H13F3O3. The molecule has 0 spiro atoms. The Morgan fingerprint density at radius 2 is 1.68 bits per heavy atom. The van der Waals surface area contributed by atoms with Crippen molar-refractivity contribution in [1.29, 1.82) is 0 Å². The van der Waals surface area contributed by atoms with E-state index in [1.54, 1.807) is 12.1 Å². The lowest BCUT2D eigenvalue weighted by Gasteiger charge is -2.07. The number of Topliss-reactive ketones (excluding diaryl/α,β-unsaturated/α-hetero) is 2. The number of carbonyl (C=O) groups is 2. The first-order chi connectivity index (χ1) is 10.3. The van der Waals surface area contributed by atoms with Crippen LogP contribution in [0.25, 0.3) is 0 Å². The van der Waals surface area contributed by atoms with Crippen molar-refractivity contribution in [3.05, 3.63) is 59.0 Å². The van der Waals surface area contributed by atoms with E-state index in [2.05, 4.69) is 0 Å². The SMILES string of the molecule is CC(=O)Cc1ccc(CC(=O)c2cccc(C(F)(F)F)c2)o1. The molecule has 0 aliphatic carbocycles. The molecule has 2 rings (SSSR count). The first-order valence-corrected chi connectivity index (χ1v) is 6.53. The molecule has 1 heterocycles. The average Bonchev–Trinajstić information content (AvgIpc) is 2.84. The molecule has 0 amide bonds. The molecule has 0 radical (unpaired) electrons. The second kappa shape index (κ2) is 6.17. The van der Waals surface area contributed by atoms with E-state index >= 15 is 0 Å². The maximum Gasteiger partial charge on any atom is 0.416 e. The smallest absolute Gasteiger partial charge is 0.416 e. The Morgan fingerprint density at radius 3 is 2.27 bits per heavy atom. The van der Waals surface area contributed by atoms with Crippen molar-refractivity contribution in [2.75, 3.05) is 0 Å². The van der Waals surface area contributed by atoms with Gasteiger partial charge < -0.3 is 4.42 Å². The summed E-state index contributed by atoms with van der Waals surface area (Å²) in [6.45, 7) is 1.41. The Hall–Kier alpha value is -2.37. The van der Waals surface area contributed by atoms with E-state index in [1.165, 1.54) is 19.1 Å². The largest absolute Gasteiger partial charge is 0.465 e. The van der Waals surface area contributed by atoms with Crippen LogP contribution in [0.1, 0.15) is 34.4 Å². The molecular weight excluding hydrogens is 297 g/mol. The summed E-state index contributed by atoms with van der Waals surface area (Å²) in [4.78, 5) is 23.0. The minimum absolute atomic E-state index is 0.0284. The third kappa shape index (κ3) is 4.07. The Balaban J connectivity index is 2.12. The van der Waals surface area contributed by atoms with Crippen LogP contribution in [0.3, 0.4) is 0 Å². The van der Waals surface area contributed by atoms with Gasteiger partial charge in [-0.3, -0.25) is 9.59 Å². The Morgan fingerprint density at radius 1 is 1.05 bits per heavy atom. The van der Waals surface area contributed by atoms with Crippen molar-refractivity contribution < 1.29 is 27.2 Å². The molecule has 0 aliphatic heterocycles. The van der Waals surface area contributed by atoms with Crippen LogP contribution in [0.5, 0.6) is 0 Å². The average molecular weight is 310 g/mol. The van der Waals surface area contributed by atoms with E-state index in [1.807, 2.05) is 0 Å². The van der Waals surface area contributed by atoms with Crippen molar-refractivity contribution in [3.8, 4) is 0 Å². The Labute approximate surface area is 124 Å². The molecule has 0 unspecified atom stereocenters. The summed E-state index contributed by atoms with van der Waals surface area (Å²) in [7, 11) is 0. The normalized spacial score (nSPS) is 11.5. The summed E-state index contributed by atoms with van der Waals surface area (Å²) in [6, 6.07) is 7.38. The molecule has 0 bridgehead atoms. The Bertz CT molecular complexity index is 699. The number of alkyl halides is 3. The van der Waals surface area contributed by atoms with Crippen LogP contribution in [0, 0.1) is 0 Å². The van der Waals surface area contributed by atoms with Crippen LogP contribution in [0.2, 0.25) is 0 Å². The van der Waals surface area contributed by atoms with Crippen LogP contribution >= 0.6 is 0 Å². The van der Waals surface area contributed by atoms with Gasteiger partial charge in [0.15, 0.2) is 5.78 Å². The molecule has 0 atom stereocenters. The lowest BCUT2D eigenvalue weighted by atomic mass is 10.0.